The monoisotopic (exact) mass is 256 g/mol. The number of nitrogens with zero attached hydrogens (tertiary/aromatic N) is 1. The molecule has 0 aliphatic carbocycles. The molecule has 0 aliphatic rings. The molecule has 0 aliphatic heterocycles. The lowest BCUT2D eigenvalue weighted by Crippen LogP contribution is -2.41. The van der Waals surface area contributed by atoms with Crippen molar-refractivity contribution < 1.29 is 14.7 Å². The Morgan fingerprint density at radius 2 is 2.29 bits per heavy atom. The van der Waals surface area contributed by atoms with Crippen LogP contribution < -0.4 is 5.73 Å². The molecule has 0 bridgehead atoms. The summed E-state index contributed by atoms with van der Waals surface area (Å²) >= 11 is 1.57. The summed E-state index contributed by atoms with van der Waals surface area (Å²) in [5.74, 6) is -1.16. The number of thiophene rings is 1. The molecule has 1 aromatic heterocycles. The number of carbonyl (C=O) groups is 2. The van der Waals surface area contributed by atoms with E-state index in [2.05, 4.69) is 0 Å². The Hall–Kier alpha value is -1.40. The fourth-order valence-corrected chi connectivity index (χ4v) is 2.16. The maximum atomic E-state index is 11.8. The smallest absolute Gasteiger partial charge is 0.303 e. The molecule has 0 aromatic carbocycles. The summed E-state index contributed by atoms with van der Waals surface area (Å²) in [5.41, 5.74) is 5.64. The molecule has 6 heteroatoms. The predicted octanol–water partition coefficient (Wildman–Crippen LogP) is 0.899. The fraction of sp³-hybridized carbons (Fsp3) is 0.455. The first kappa shape index (κ1) is 13.7. The number of carboxylic acids is 1. The summed E-state index contributed by atoms with van der Waals surface area (Å²) in [7, 11) is 1.67. The van der Waals surface area contributed by atoms with Crippen LogP contribution in [-0.4, -0.2) is 35.0 Å². The molecule has 94 valence electrons. The Bertz CT molecular complexity index is 378. The first-order valence-electron chi connectivity index (χ1n) is 5.25. The van der Waals surface area contributed by atoms with E-state index in [0.717, 1.165) is 4.88 Å². The van der Waals surface area contributed by atoms with Gasteiger partial charge in [-0.15, -0.1) is 11.3 Å². The van der Waals surface area contributed by atoms with E-state index >= 15 is 0 Å². The van der Waals surface area contributed by atoms with Gasteiger partial charge in [-0.3, -0.25) is 9.59 Å². The van der Waals surface area contributed by atoms with E-state index in [4.69, 9.17) is 10.8 Å². The van der Waals surface area contributed by atoms with Gasteiger partial charge in [0.2, 0.25) is 5.91 Å². The Kier molecular flexibility index (Phi) is 5.11. The van der Waals surface area contributed by atoms with Crippen LogP contribution in [0.3, 0.4) is 0 Å². The number of rotatable bonds is 6. The zero-order valence-electron chi connectivity index (χ0n) is 9.63. The highest BCUT2D eigenvalue weighted by atomic mass is 32.1. The zero-order valence-corrected chi connectivity index (χ0v) is 10.4. The molecule has 1 unspecified atom stereocenters. The van der Waals surface area contributed by atoms with E-state index in [9.17, 15) is 9.59 Å². The van der Waals surface area contributed by atoms with E-state index in [1.54, 1.807) is 18.4 Å². The summed E-state index contributed by atoms with van der Waals surface area (Å²) in [6.07, 6.45) is 0.0860. The Labute approximate surface area is 104 Å². The van der Waals surface area contributed by atoms with Gasteiger partial charge < -0.3 is 15.7 Å². The number of aliphatic carboxylic acids is 1. The van der Waals surface area contributed by atoms with Crippen LogP contribution in [-0.2, 0) is 16.1 Å². The second-order valence-corrected chi connectivity index (χ2v) is 4.84. The van der Waals surface area contributed by atoms with Crippen LogP contribution in [0.5, 0.6) is 0 Å². The van der Waals surface area contributed by atoms with Crippen molar-refractivity contribution >= 4 is 23.2 Å². The summed E-state index contributed by atoms with van der Waals surface area (Å²) in [6.45, 7) is 0.511. The average molecular weight is 256 g/mol. The van der Waals surface area contributed by atoms with Crippen molar-refractivity contribution in [3.63, 3.8) is 0 Å². The van der Waals surface area contributed by atoms with Gasteiger partial charge in [-0.2, -0.15) is 0 Å². The predicted molar refractivity (Wildman–Crippen MR) is 65.6 cm³/mol. The van der Waals surface area contributed by atoms with Gasteiger partial charge in [-0.05, 0) is 17.9 Å². The summed E-state index contributed by atoms with van der Waals surface area (Å²) in [6, 6.07) is 3.12. The third kappa shape index (κ3) is 4.54. The number of hydrogen-bond donors (Lipinski definition) is 2. The normalized spacial score (nSPS) is 12.1. The minimum Gasteiger partial charge on any atom is -0.481 e. The number of amides is 1. The largest absolute Gasteiger partial charge is 0.481 e. The second-order valence-electron chi connectivity index (χ2n) is 3.81. The van der Waals surface area contributed by atoms with Gasteiger partial charge in [0.1, 0.15) is 0 Å². The fourth-order valence-electron chi connectivity index (χ4n) is 1.40. The lowest BCUT2D eigenvalue weighted by Gasteiger charge is -2.20. The molecule has 0 spiro atoms. The standard InChI is InChI=1S/C11H16N2O3S/c1-13(7-8-3-2-6-17-8)11(16)9(12)4-5-10(14)15/h2-3,6,9H,4-5,7,12H2,1H3,(H,14,15). The summed E-state index contributed by atoms with van der Waals surface area (Å²) < 4.78 is 0. The molecule has 0 radical (unpaired) electrons. The lowest BCUT2D eigenvalue weighted by atomic mass is 10.1. The van der Waals surface area contributed by atoms with Crippen molar-refractivity contribution in [2.24, 2.45) is 5.73 Å². The highest BCUT2D eigenvalue weighted by molar-refractivity contribution is 7.09. The van der Waals surface area contributed by atoms with Crippen molar-refractivity contribution in [2.45, 2.75) is 25.4 Å². The maximum absolute atomic E-state index is 11.8. The minimum absolute atomic E-state index is 0.0836. The van der Waals surface area contributed by atoms with Gasteiger partial charge in [-0.1, -0.05) is 6.07 Å². The quantitative estimate of drug-likeness (QED) is 0.792. The van der Waals surface area contributed by atoms with Crippen LogP contribution in [0.2, 0.25) is 0 Å². The van der Waals surface area contributed by atoms with Crippen LogP contribution in [0.15, 0.2) is 17.5 Å². The van der Waals surface area contributed by atoms with E-state index in [1.807, 2.05) is 17.5 Å². The minimum atomic E-state index is -0.936. The molecular weight excluding hydrogens is 240 g/mol. The lowest BCUT2D eigenvalue weighted by molar-refractivity contribution is -0.137. The van der Waals surface area contributed by atoms with E-state index in [-0.39, 0.29) is 18.7 Å². The molecule has 0 saturated carbocycles. The third-order valence-electron chi connectivity index (χ3n) is 2.34. The van der Waals surface area contributed by atoms with Crippen molar-refractivity contribution in [1.29, 1.82) is 0 Å². The van der Waals surface area contributed by atoms with Crippen molar-refractivity contribution in [3.8, 4) is 0 Å². The number of nitrogens with two attached hydrogens (primary N) is 1. The first-order valence-corrected chi connectivity index (χ1v) is 6.13. The maximum Gasteiger partial charge on any atom is 0.303 e. The zero-order chi connectivity index (χ0) is 12.8. The molecule has 0 saturated heterocycles. The van der Waals surface area contributed by atoms with Crippen LogP contribution in [0, 0.1) is 0 Å². The highest BCUT2D eigenvalue weighted by Gasteiger charge is 2.19. The number of carbonyl (C=O) groups excluding carboxylic acids is 1. The second kappa shape index (κ2) is 6.36. The molecule has 0 fully saturated rings. The van der Waals surface area contributed by atoms with Gasteiger partial charge in [0.25, 0.3) is 0 Å². The Balaban J connectivity index is 2.42. The molecule has 1 aromatic rings. The van der Waals surface area contributed by atoms with E-state index in [1.165, 1.54) is 4.90 Å². The topological polar surface area (TPSA) is 83.6 Å². The van der Waals surface area contributed by atoms with Crippen molar-refractivity contribution in [2.75, 3.05) is 7.05 Å². The number of carboxylic acid groups (broad SMARTS) is 1. The van der Waals surface area contributed by atoms with Gasteiger partial charge in [0, 0.05) is 18.3 Å². The molecule has 3 N–H and O–H groups in total. The SMILES string of the molecule is CN(Cc1cccs1)C(=O)C(N)CCC(=O)O. The van der Waals surface area contributed by atoms with Crippen LogP contribution in [0.4, 0.5) is 0 Å². The van der Waals surface area contributed by atoms with Gasteiger partial charge >= 0.3 is 5.97 Å². The average Bonchev–Trinajstić information content (AvgIpc) is 2.77. The van der Waals surface area contributed by atoms with Crippen LogP contribution in [0.25, 0.3) is 0 Å². The third-order valence-corrected chi connectivity index (χ3v) is 3.20. The summed E-state index contributed by atoms with van der Waals surface area (Å²) in [4.78, 5) is 24.8. The van der Waals surface area contributed by atoms with Gasteiger partial charge in [0.15, 0.2) is 0 Å². The Morgan fingerprint density at radius 1 is 1.59 bits per heavy atom. The highest BCUT2D eigenvalue weighted by Crippen LogP contribution is 2.11. The molecule has 1 heterocycles. The molecule has 1 atom stereocenters. The van der Waals surface area contributed by atoms with Gasteiger partial charge in [-0.25, -0.2) is 0 Å². The summed E-state index contributed by atoms with van der Waals surface area (Å²) in [5, 5.41) is 10.5. The van der Waals surface area contributed by atoms with Crippen molar-refractivity contribution in [1.82, 2.24) is 4.90 Å². The van der Waals surface area contributed by atoms with Crippen LogP contribution >= 0.6 is 11.3 Å². The molecule has 17 heavy (non-hydrogen) atoms. The number of likely N-dealkylation sites (N-methyl/N-ethyl adjacent to an activating group) is 1. The molecule has 1 rings (SSSR count). The van der Waals surface area contributed by atoms with Crippen LogP contribution in [0.1, 0.15) is 17.7 Å². The number of hydrogen-bond acceptors (Lipinski definition) is 4. The Morgan fingerprint density at radius 3 is 2.82 bits per heavy atom. The van der Waals surface area contributed by atoms with Crippen molar-refractivity contribution in [3.05, 3.63) is 22.4 Å². The first-order chi connectivity index (χ1) is 8.00. The molecule has 1 amide bonds. The van der Waals surface area contributed by atoms with Gasteiger partial charge in [0.05, 0.1) is 12.6 Å². The molecule has 5 nitrogen and oxygen atoms in total. The van der Waals surface area contributed by atoms with E-state index in [0.29, 0.717) is 6.54 Å². The molecular formula is C11H16N2O3S. The van der Waals surface area contributed by atoms with E-state index < -0.39 is 12.0 Å².